The van der Waals surface area contributed by atoms with Gasteiger partial charge in [-0.15, -0.1) is 0 Å². The minimum absolute atomic E-state index is 0.210. The summed E-state index contributed by atoms with van der Waals surface area (Å²) < 4.78 is 5.52. The average Bonchev–Trinajstić information content (AvgIpc) is 2.87. The third-order valence-electron chi connectivity index (χ3n) is 8.22. The average molecular weight is 499 g/mol. The van der Waals surface area contributed by atoms with E-state index in [4.69, 9.17) is 4.74 Å². The van der Waals surface area contributed by atoms with E-state index in [1.54, 1.807) is 24.5 Å². The van der Waals surface area contributed by atoms with Gasteiger partial charge in [0.2, 0.25) is 0 Å². The van der Waals surface area contributed by atoms with Crippen molar-refractivity contribution in [2.45, 2.75) is 57.1 Å². The molecule has 8 heteroatoms. The number of nitrogens with zero attached hydrogens (tertiary/aromatic N) is 2. The lowest BCUT2D eigenvalue weighted by Gasteiger charge is -2.56. The second-order valence-corrected chi connectivity index (χ2v) is 11.0. The molecular formula is C29H30N4O4. The van der Waals surface area contributed by atoms with E-state index in [1.165, 1.54) is 26.2 Å². The number of amides is 3. The van der Waals surface area contributed by atoms with Gasteiger partial charge in [0.25, 0.3) is 5.91 Å². The molecule has 2 N–H and O–H groups in total. The van der Waals surface area contributed by atoms with Crippen LogP contribution in [-0.2, 0) is 9.53 Å². The van der Waals surface area contributed by atoms with Crippen LogP contribution in [0.15, 0.2) is 54.9 Å². The number of nitrogens with one attached hydrogen (secondary N) is 2. The fourth-order valence-electron chi connectivity index (χ4n) is 7.04. The molecule has 190 valence electrons. The van der Waals surface area contributed by atoms with Crippen LogP contribution in [0.3, 0.4) is 0 Å². The van der Waals surface area contributed by atoms with Crippen LogP contribution in [0.5, 0.6) is 0 Å². The van der Waals surface area contributed by atoms with Crippen LogP contribution in [0.4, 0.5) is 4.79 Å². The number of imide groups is 1. The van der Waals surface area contributed by atoms with Gasteiger partial charge in [0.05, 0.1) is 16.8 Å². The van der Waals surface area contributed by atoms with Gasteiger partial charge in [0, 0.05) is 28.9 Å². The van der Waals surface area contributed by atoms with Crippen molar-refractivity contribution in [1.29, 1.82) is 0 Å². The van der Waals surface area contributed by atoms with E-state index in [0.29, 0.717) is 39.9 Å². The van der Waals surface area contributed by atoms with Crippen molar-refractivity contribution in [3.63, 3.8) is 0 Å². The van der Waals surface area contributed by atoms with Crippen LogP contribution in [0.25, 0.3) is 22.2 Å². The van der Waals surface area contributed by atoms with E-state index >= 15 is 0 Å². The number of para-hydroxylation sites is 1. The lowest BCUT2D eigenvalue weighted by atomic mass is 9.53. The highest BCUT2D eigenvalue weighted by Gasteiger charge is 2.51. The second kappa shape index (κ2) is 9.25. The first kappa shape index (κ1) is 23.6. The maximum Gasteiger partial charge on any atom is 0.339 e. The molecule has 4 saturated carbocycles. The van der Waals surface area contributed by atoms with Crippen LogP contribution in [0.1, 0.15) is 55.8 Å². The molecule has 0 aliphatic heterocycles. The molecule has 3 amide bonds. The summed E-state index contributed by atoms with van der Waals surface area (Å²) in [5.41, 5.74) is 2.13. The van der Waals surface area contributed by atoms with Gasteiger partial charge in [-0.25, -0.2) is 14.6 Å². The first-order valence-electron chi connectivity index (χ1n) is 13.0. The van der Waals surface area contributed by atoms with E-state index in [1.807, 2.05) is 30.3 Å². The third kappa shape index (κ3) is 4.68. The van der Waals surface area contributed by atoms with Gasteiger partial charge < -0.3 is 10.1 Å². The Morgan fingerprint density at radius 1 is 0.973 bits per heavy atom. The van der Waals surface area contributed by atoms with E-state index in [-0.39, 0.29) is 5.54 Å². The lowest BCUT2D eigenvalue weighted by molar-refractivity contribution is -0.128. The second-order valence-electron chi connectivity index (χ2n) is 11.0. The van der Waals surface area contributed by atoms with Gasteiger partial charge >= 0.3 is 12.0 Å². The molecule has 7 rings (SSSR count). The predicted molar refractivity (Wildman–Crippen MR) is 137 cm³/mol. The Bertz CT molecular complexity index is 1340. The summed E-state index contributed by atoms with van der Waals surface area (Å²) in [7, 11) is 0. The number of hydrogen-bond donors (Lipinski definition) is 2. The summed E-state index contributed by atoms with van der Waals surface area (Å²) in [5, 5.41) is 6.14. The zero-order valence-electron chi connectivity index (χ0n) is 20.8. The van der Waals surface area contributed by atoms with Gasteiger partial charge in [-0.2, -0.15) is 0 Å². The molecule has 4 bridgehead atoms. The number of pyridine rings is 2. The minimum atomic E-state index is -1.15. The van der Waals surface area contributed by atoms with Crippen molar-refractivity contribution in [1.82, 2.24) is 20.6 Å². The number of rotatable bonds is 5. The summed E-state index contributed by atoms with van der Waals surface area (Å²) in [6.07, 6.45) is 8.92. The Hall–Kier alpha value is -3.81. The number of aromatic nitrogens is 2. The summed E-state index contributed by atoms with van der Waals surface area (Å²) in [6, 6.07) is 12.0. The first-order valence-corrected chi connectivity index (χ1v) is 13.0. The number of hydrogen-bond acceptors (Lipinski definition) is 6. The molecule has 4 aliphatic carbocycles. The monoisotopic (exact) mass is 498 g/mol. The van der Waals surface area contributed by atoms with Crippen molar-refractivity contribution < 1.29 is 19.1 Å². The van der Waals surface area contributed by atoms with Crippen molar-refractivity contribution in [2.24, 2.45) is 17.8 Å². The molecular weight excluding hydrogens is 468 g/mol. The summed E-state index contributed by atoms with van der Waals surface area (Å²) in [6.45, 7) is 1.47. The molecule has 1 aromatic carbocycles. The molecule has 0 saturated heterocycles. The number of esters is 1. The molecule has 8 nitrogen and oxygen atoms in total. The molecule has 1 unspecified atom stereocenters. The standard InChI is InChI=1S/C29H30N4O4/c1-17(26(34)32-28(36)33-29-14-18-10-19(15-29)12-20(11-18)16-29)37-27(35)23-13-25(21-6-8-30-9-7-21)31-24-5-3-2-4-22(23)24/h2-9,13,17-20H,10-12,14-16H2,1H3,(H2,32,33,34,36). The molecule has 37 heavy (non-hydrogen) atoms. The smallest absolute Gasteiger partial charge is 0.339 e. The Morgan fingerprint density at radius 2 is 1.62 bits per heavy atom. The maximum atomic E-state index is 13.2. The number of carbonyl (C=O) groups excluding carboxylic acids is 3. The van der Waals surface area contributed by atoms with Gasteiger partial charge in [0.15, 0.2) is 6.10 Å². The van der Waals surface area contributed by atoms with Crippen LogP contribution in [0.2, 0.25) is 0 Å². The van der Waals surface area contributed by atoms with Crippen molar-refractivity contribution in [2.75, 3.05) is 0 Å². The molecule has 0 radical (unpaired) electrons. The van der Waals surface area contributed by atoms with Gasteiger partial charge in [-0.05, 0) is 87.5 Å². The number of carbonyl (C=O) groups is 3. The summed E-state index contributed by atoms with van der Waals surface area (Å²) in [4.78, 5) is 47.5. The maximum absolute atomic E-state index is 13.2. The lowest BCUT2D eigenvalue weighted by Crippen LogP contribution is -2.62. The number of fused-ring (bicyclic) bond motifs is 1. The zero-order chi connectivity index (χ0) is 25.6. The van der Waals surface area contributed by atoms with E-state index in [9.17, 15) is 14.4 Å². The third-order valence-corrected chi connectivity index (χ3v) is 8.22. The Kier molecular flexibility index (Phi) is 5.89. The van der Waals surface area contributed by atoms with Crippen molar-refractivity contribution >= 4 is 28.8 Å². The largest absolute Gasteiger partial charge is 0.449 e. The zero-order valence-corrected chi connectivity index (χ0v) is 20.8. The number of urea groups is 1. The van der Waals surface area contributed by atoms with Crippen LogP contribution in [-0.4, -0.2) is 39.5 Å². The van der Waals surface area contributed by atoms with Crippen LogP contribution >= 0.6 is 0 Å². The molecule has 3 aromatic rings. The highest BCUT2D eigenvalue weighted by molar-refractivity contribution is 6.06. The van der Waals surface area contributed by atoms with E-state index in [0.717, 1.165) is 24.8 Å². The van der Waals surface area contributed by atoms with Crippen molar-refractivity contribution in [3.05, 3.63) is 60.4 Å². The molecule has 2 aromatic heterocycles. The Balaban J connectivity index is 1.14. The predicted octanol–water partition coefficient (Wildman–Crippen LogP) is 4.64. The van der Waals surface area contributed by atoms with Crippen LogP contribution in [0, 0.1) is 17.8 Å². The van der Waals surface area contributed by atoms with Gasteiger partial charge in [-0.1, -0.05) is 18.2 Å². The molecule has 0 spiro atoms. The quantitative estimate of drug-likeness (QED) is 0.496. The molecule has 2 heterocycles. The highest BCUT2D eigenvalue weighted by Crippen LogP contribution is 2.55. The SMILES string of the molecule is CC(OC(=O)c1cc(-c2ccncc2)nc2ccccc12)C(=O)NC(=O)NC12CC3CC(CC(C3)C1)C2. The van der Waals surface area contributed by atoms with Gasteiger partial charge in [-0.3, -0.25) is 15.1 Å². The first-order chi connectivity index (χ1) is 17.9. The Labute approximate surface area is 215 Å². The summed E-state index contributed by atoms with van der Waals surface area (Å²) >= 11 is 0. The number of benzene rings is 1. The number of ether oxygens (including phenoxy) is 1. The fourth-order valence-corrected chi connectivity index (χ4v) is 7.04. The van der Waals surface area contributed by atoms with Crippen LogP contribution < -0.4 is 10.6 Å². The van der Waals surface area contributed by atoms with Gasteiger partial charge in [0.1, 0.15) is 0 Å². The van der Waals surface area contributed by atoms with E-state index in [2.05, 4.69) is 20.6 Å². The fraction of sp³-hybridized carbons (Fsp3) is 0.414. The van der Waals surface area contributed by atoms with Crippen molar-refractivity contribution in [3.8, 4) is 11.3 Å². The Morgan fingerprint density at radius 3 is 2.30 bits per heavy atom. The normalized spacial score (nSPS) is 26.5. The topological polar surface area (TPSA) is 110 Å². The molecule has 1 atom stereocenters. The molecule has 4 fully saturated rings. The highest BCUT2D eigenvalue weighted by atomic mass is 16.5. The minimum Gasteiger partial charge on any atom is -0.449 e. The van der Waals surface area contributed by atoms with E-state index < -0.39 is 24.0 Å². The summed E-state index contributed by atoms with van der Waals surface area (Å²) in [5.74, 6) is 0.722. The molecule has 4 aliphatic rings.